The number of aromatic nitrogens is 1. The van der Waals surface area contributed by atoms with E-state index in [0.29, 0.717) is 23.5 Å². The van der Waals surface area contributed by atoms with Gasteiger partial charge >= 0.3 is 0 Å². The number of amides is 1. The smallest absolute Gasteiger partial charge is 0.295 e. The number of likely N-dealkylation sites (tertiary alicyclic amines) is 1. The lowest BCUT2D eigenvalue weighted by Gasteiger charge is -2.26. The van der Waals surface area contributed by atoms with Gasteiger partial charge in [0.2, 0.25) is 0 Å². The van der Waals surface area contributed by atoms with E-state index in [9.17, 15) is 19.8 Å². The lowest BCUT2D eigenvalue weighted by atomic mass is 9.94. The van der Waals surface area contributed by atoms with Crippen LogP contribution in [0.25, 0.3) is 5.76 Å². The van der Waals surface area contributed by atoms with Crippen LogP contribution >= 0.6 is 0 Å². The van der Waals surface area contributed by atoms with Crippen LogP contribution in [0.5, 0.6) is 17.2 Å². The van der Waals surface area contributed by atoms with Gasteiger partial charge in [0, 0.05) is 24.5 Å². The highest BCUT2D eigenvalue weighted by molar-refractivity contribution is 6.46. The topological polar surface area (TPSA) is 109 Å². The van der Waals surface area contributed by atoms with Crippen molar-refractivity contribution in [1.82, 2.24) is 9.88 Å². The molecule has 2 aromatic carbocycles. The van der Waals surface area contributed by atoms with Gasteiger partial charge in [-0.1, -0.05) is 12.1 Å². The number of phenolic OH excluding ortho intramolecular Hbond substituents is 1. The number of pyridine rings is 1. The first kappa shape index (κ1) is 23.8. The molecule has 2 heterocycles. The second-order valence-electron chi connectivity index (χ2n) is 8.13. The molecule has 0 unspecified atom stereocenters. The number of aliphatic hydroxyl groups excluding tert-OH is 1. The first-order valence-electron chi connectivity index (χ1n) is 11.1. The quantitative estimate of drug-likeness (QED) is 0.301. The number of carbonyl (C=O) groups excluding carboxylic acids is 2. The maximum Gasteiger partial charge on any atom is 0.295 e. The Morgan fingerprint density at radius 2 is 1.91 bits per heavy atom. The number of ether oxygens (including phenoxy) is 2. The molecule has 0 saturated carbocycles. The number of hydrogen-bond acceptors (Lipinski definition) is 7. The minimum absolute atomic E-state index is 0.0448. The van der Waals surface area contributed by atoms with Crippen molar-refractivity contribution in [3.63, 3.8) is 0 Å². The molecule has 2 N–H and O–H groups in total. The SMILES string of the molecule is CCOc1cc([C@@H]2C(=C(O)c3ccc(OC)c(C)c3)C(=O)C(=O)N2Cc2cccnc2)ccc1O. The van der Waals surface area contributed by atoms with Gasteiger partial charge in [-0.3, -0.25) is 14.6 Å². The second-order valence-corrected chi connectivity index (χ2v) is 8.13. The molecule has 1 amide bonds. The molecule has 4 rings (SSSR count). The number of rotatable bonds is 7. The summed E-state index contributed by atoms with van der Waals surface area (Å²) in [5, 5.41) is 21.5. The molecule has 8 heteroatoms. The highest BCUT2D eigenvalue weighted by Gasteiger charge is 2.46. The number of nitrogens with zero attached hydrogens (tertiary/aromatic N) is 2. The maximum absolute atomic E-state index is 13.3. The third kappa shape index (κ3) is 4.55. The molecule has 1 saturated heterocycles. The average molecular weight is 475 g/mol. The lowest BCUT2D eigenvalue weighted by Crippen LogP contribution is -2.29. The van der Waals surface area contributed by atoms with Gasteiger partial charge < -0.3 is 24.6 Å². The number of phenols is 1. The number of hydrogen-bond donors (Lipinski definition) is 2. The largest absolute Gasteiger partial charge is 0.507 e. The van der Waals surface area contributed by atoms with Crippen LogP contribution in [0.15, 0.2) is 66.5 Å². The molecular weight excluding hydrogens is 448 g/mol. The van der Waals surface area contributed by atoms with Crippen LogP contribution in [-0.4, -0.2) is 45.5 Å². The summed E-state index contributed by atoms with van der Waals surface area (Å²) in [5.41, 5.74) is 2.35. The number of carbonyl (C=O) groups is 2. The van der Waals surface area contributed by atoms with Gasteiger partial charge in [-0.05, 0) is 66.9 Å². The Balaban J connectivity index is 1.89. The zero-order valence-corrected chi connectivity index (χ0v) is 19.7. The molecule has 0 spiro atoms. The average Bonchev–Trinajstić information content (AvgIpc) is 3.10. The van der Waals surface area contributed by atoms with Crippen molar-refractivity contribution in [3.8, 4) is 17.2 Å². The number of methoxy groups -OCH3 is 1. The molecule has 1 aliphatic heterocycles. The predicted molar refractivity (Wildman–Crippen MR) is 129 cm³/mol. The highest BCUT2D eigenvalue weighted by atomic mass is 16.5. The molecule has 35 heavy (non-hydrogen) atoms. The summed E-state index contributed by atoms with van der Waals surface area (Å²) in [5.74, 6) is -1.04. The number of aromatic hydroxyl groups is 1. The summed E-state index contributed by atoms with van der Waals surface area (Å²) >= 11 is 0. The van der Waals surface area contributed by atoms with Gasteiger partial charge in [0.05, 0.1) is 25.3 Å². The van der Waals surface area contributed by atoms with Crippen molar-refractivity contribution in [2.75, 3.05) is 13.7 Å². The molecule has 1 atom stereocenters. The molecule has 0 aliphatic carbocycles. The van der Waals surface area contributed by atoms with E-state index >= 15 is 0 Å². The number of aliphatic hydroxyl groups is 1. The molecule has 0 bridgehead atoms. The normalized spacial score (nSPS) is 17.0. The van der Waals surface area contributed by atoms with Crippen LogP contribution in [0.3, 0.4) is 0 Å². The molecule has 1 fully saturated rings. The van der Waals surface area contributed by atoms with Crippen LogP contribution in [0, 0.1) is 6.92 Å². The fourth-order valence-electron chi connectivity index (χ4n) is 4.23. The number of benzene rings is 2. The van der Waals surface area contributed by atoms with Crippen LogP contribution in [-0.2, 0) is 16.1 Å². The summed E-state index contributed by atoms with van der Waals surface area (Å²) in [6, 6.07) is 12.3. The Bertz CT molecular complexity index is 1300. The molecule has 0 radical (unpaired) electrons. The molecule has 180 valence electrons. The van der Waals surface area contributed by atoms with Gasteiger partial charge in [-0.15, -0.1) is 0 Å². The second kappa shape index (κ2) is 9.89. The summed E-state index contributed by atoms with van der Waals surface area (Å²) in [7, 11) is 1.55. The molecule has 1 aromatic heterocycles. The van der Waals surface area contributed by atoms with Gasteiger partial charge in [0.15, 0.2) is 11.5 Å². The van der Waals surface area contributed by atoms with E-state index in [4.69, 9.17) is 9.47 Å². The Morgan fingerprint density at radius 1 is 1.11 bits per heavy atom. The van der Waals surface area contributed by atoms with E-state index in [0.717, 1.165) is 11.1 Å². The molecular formula is C27H26N2O6. The minimum Gasteiger partial charge on any atom is -0.507 e. The molecule has 8 nitrogen and oxygen atoms in total. The summed E-state index contributed by atoms with van der Waals surface area (Å²) in [6.07, 6.45) is 3.24. The Labute approximate surface area is 203 Å². The van der Waals surface area contributed by atoms with Crippen molar-refractivity contribution in [3.05, 3.63) is 88.8 Å². The Kier molecular flexibility index (Phi) is 6.73. The van der Waals surface area contributed by atoms with Crippen LogP contribution in [0.4, 0.5) is 0 Å². The third-order valence-electron chi connectivity index (χ3n) is 5.88. The minimum atomic E-state index is -0.905. The Hall–Kier alpha value is -4.33. The van der Waals surface area contributed by atoms with E-state index in [1.807, 2.05) is 6.92 Å². The first-order chi connectivity index (χ1) is 16.8. The van der Waals surface area contributed by atoms with Crippen molar-refractivity contribution in [1.29, 1.82) is 0 Å². The first-order valence-corrected chi connectivity index (χ1v) is 11.1. The van der Waals surface area contributed by atoms with Crippen molar-refractivity contribution < 1.29 is 29.3 Å². The zero-order valence-electron chi connectivity index (χ0n) is 19.7. The summed E-state index contributed by atoms with van der Waals surface area (Å²) in [6.45, 7) is 4.03. The predicted octanol–water partition coefficient (Wildman–Crippen LogP) is 4.12. The van der Waals surface area contributed by atoms with E-state index in [1.165, 1.54) is 11.0 Å². The monoisotopic (exact) mass is 474 g/mol. The van der Waals surface area contributed by atoms with Crippen LogP contribution in [0.2, 0.25) is 0 Å². The van der Waals surface area contributed by atoms with E-state index in [-0.39, 0.29) is 29.4 Å². The van der Waals surface area contributed by atoms with Gasteiger partial charge in [0.1, 0.15) is 11.5 Å². The lowest BCUT2D eigenvalue weighted by molar-refractivity contribution is -0.140. The highest BCUT2D eigenvalue weighted by Crippen LogP contribution is 2.42. The van der Waals surface area contributed by atoms with Crippen LogP contribution < -0.4 is 9.47 Å². The third-order valence-corrected chi connectivity index (χ3v) is 5.88. The fourth-order valence-corrected chi connectivity index (χ4v) is 4.23. The molecule has 1 aliphatic rings. The number of ketones is 1. The van der Waals surface area contributed by atoms with Gasteiger partial charge in [-0.25, -0.2) is 0 Å². The summed E-state index contributed by atoms with van der Waals surface area (Å²) in [4.78, 5) is 31.9. The van der Waals surface area contributed by atoms with Crippen molar-refractivity contribution in [2.45, 2.75) is 26.4 Å². The number of aryl methyl sites for hydroxylation is 1. The Morgan fingerprint density at radius 3 is 2.57 bits per heavy atom. The van der Waals surface area contributed by atoms with Crippen molar-refractivity contribution >= 4 is 17.4 Å². The van der Waals surface area contributed by atoms with Crippen LogP contribution in [0.1, 0.15) is 35.2 Å². The van der Waals surface area contributed by atoms with E-state index in [2.05, 4.69) is 4.98 Å². The molecule has 3 aromatic rings. The fraction of sp³-hybridized carbons (Fsp3) is 0.222. The maximum atomic E-state index is 13.3. The van der Waals surface area contributed by atoms with Gasteiger partial charge in [-0.2, -0.15) is 0 Å². The summed E-state index contributed by atoms with van der Waals surface area (Å²) < 4.78 is 10.8. The van der Waals surface area contributed by atoms with Crippen molar-refractivity contribution in [2.24, 2.45) is 0 Å². The standard InChI is InChI=1S/C27H26N2O6/c1-4-35-22-13-18(7-9-20(22)30)24-23(25(31)19-8-10-21(34-3)16(2)12-19)26(32)27(33)29(24)15-17-6-5-11-28-14-17/h5-14,24,30-31H,4,15H2,1-3H3/t24-/m1/s1. The van der Waals surface area contributed by atoms with E-state index in [1.54, 1.807) is 68.9 Å². The zero-order chi connectivity index (χ0) is 25.1. The van der Waals surface area contributed by atoms with Gasteiger partial charge in [0.25, 0.3) is 11.7 Å². The number of Topliss-reactive ketones (excluding diaryl/α,β-unsaturated/α-hetero) is 1. The van der Waals surface area contributed by atoms with E-state index < -0.39 is 17.7 Å².